The summed E-state index contributed by atoms with van der Waals surface area (Å²) in [6.45, 7) is 7.24. The predicted octanol–water partition coefficient (Wildman–Crippen LogP) is 4.12. The van der Waals surface area contributed by atoms with Crippen molar-refractivity contribution >= 4 is 28.7 Å². The van der Waals surface area contributed by atoms with Crippen LogP contribution in [0.2, 0.25) is 0 Å². The maximum Gasteiger partial charge on any atom is 0.270 e. The van der Waals surface area contributed by atoms with Gasteiger partial charge in [0.1, 0.15) is 0 Å². The van der Waals surface area contributed by atoms with Gasteiger partial charge in [-0.2, -0.15) is 0 Å². The van der Waals surface area contributed by atoms with Gasteiger partial charge in [0.15, 0.2) is 0 Å². The number of non-ortho nitro benzene ring substituents is 1. The van der Waals surface area contributed by atoms with Crippen LogP contribution in [0, 0.1) is 10.1 Å². The van der Waals surface area contributed by atoms with Crippen LogP contribution in [-0.4, -0.2) is 30.5 Å². The number of hydrogen-bond acceptors (Lipinski definition) is 5. The molecule has 0 heterocycles. The molecule has 7 nitrogen and oxygen atoms in total. The molecule has 1 amide bonds. The molecule has 0 aliphatic rings. The first-order valence-electron chi connectivity index (χ1n) is 8.51. The van der Waals surface area contributed by atoms with Gasteiger partial charge in [-0.05, 0) is 51.1 Å². The molecule has 2 aromatic rings. The molecule has 0 saturated heterocycles. The molecular weight excluding hydrogens is 332 g/mol. The lowest BCUT2D eigenvalue weighted by molar-refractivity contribution is -0.384. The Kier molecular flexibility index (Phi) is 6.16. The quantitative estimate of drug-likeness (QED) is 0.575. The molecular formula is C19H24N4O3. The van der Waals surface area contributed by atoms with Gasteiger partial charge in [-0.3, -0.25) is 14.9 Å². The van der Waals surface area contributed by atoms with E-state index in [9.17, 15) is 14.9 Å². The molecule has 0 aliphatic carbocycles. The van der Waals surface area contributed by atoms with E-state index >= 15 is 0 Å². The fourth-order valence-electron chi connectivity index (χ4n) is 2.83. The summed E-state index contributed by atoms with van der Waals surface area (Å²) in [7, 11) is 1.66. The first-order chi connectivity index (χ1) is 12.4. The summed E-state index contributed by atoms with van der Waals surface area (Å²) in [6, 6.07) is 12.1. The summed E-state index contributed by atoms with van der Waals surface area (Å²) in [5, 5.41) is 16.6. The number of amides is 1. The average Bonchev–Trinajstić information content (AvgIpc) is 2.62. The van der Waals surface area contributed by atoms with Gasteiger partial charge in [0.05, 0.1) is 10.5 Å². The van der Waals surface area contributed by atoms with E-state index in [-0.39, 0.29) is 11.3 Å². The van der Waals surface area contributed by atoms with E-state index in [0.717, 1.165) is 12.2 Å². The summed E-state index contributed by atoms with van der Waals surface area (Å²) in [5.74, 6) is -0.401. The second kappa shape index (κ2) is 8.33. The van der Waals surface area contributed by atoms with Gasteiger partial charge in [0, 0.05) is 48.8 Å². The van der Waals surface area contributed by atoms with Crippen LogP contribution in [0.15, 0.2) is 42.5 Å². The number of carbonyl (C=O) groups excluding carboxylic acids is 1. The van der Waals surface area contributed by atoms with Crippen molar-refractivity contribution in [1.29, 1.82) is 0 Å². The molecule has 2 N–H and O–H groups in total. The first-order valence-corrected chi connectivity index (χ1v) is 8.51. The molecule has 138 valence electrons. The Labute approximate surface area is 153 Å². The Morgan fingerprint density at radius 3 is 2.35 bits per heavy atom. The largest absolute Gasteiger partial charge is 0.387 e. The lowest BCUT2D eigenvalue weighted by Gasteiger charge is -2.27. The van der Waals surface area contributed by atoms with Crippen LogP contribution in [0.5, 0.6) is 0 Å². The van der Waals surface area contributed by atoms with Crippen LogP contribution >= 0.6 is 0 Å². The highest BCUT2D eigenvalue weighted by atomic mass is 16.6. The van der Waals surface area contributed by atoms with E-state index in [0.29, 0.717) is 17.4 Å². The second-order valence-corrected chi connectivity index (χ2v) is 6.12. The minimum absolute atomic E-state index is 0.125. The molecule has 7 heteroatoms. The maximum atomic E-state index is 12.6. The van der Waals surface area contributed by atoms with Gasteiger partial charge >= 0.3 is 0 Å². The highest BCUT2D eigenvalue weighted by Crippen LogP contribution is 2.24. The van der Waals surface area contributed by atoms with Gasteiger partial charge < -0.3 is 15.5 Å². The fourth-order valence-corrected chi connectivity index (χ4v) is 2.83. The van der Waals surface area contributed by atoms with Gasteiger partial charge in [0.2, 0.25) is 0 Å². The third kappa shape index (κ3) is 4.30. The number of anilines is 3. The molecule has 0 spiro atoms. The van der Waals surface area contributed by atoms with Crippen LogP contribution in [0.1, 0.15) is 31.1 Å². The fraction of sp³-hybridized carbons (Fsp3) is 0.316. The molecule has 0 aromatic heterocycles. The molecule has 0 unspecified atom stereocenters. The minimum atomic E-state index is -0.518. The monoisotopic (exact) mass is 356 g/mol. The summed E-state index contributed by atoms with van der Waals surface area (Å²) in [5.41, 5.74) is 2.34. The van der Waals surface area contributed by atoms with E-state index in [1.54, 1.807) is 7.05 Å². The maximum absolute atomic E-state index is 12.6. The SMILES string of the molecule is CCN(c1ccc(NC(=O)c2cc([N+](=O)[O-])ccc2NC)cc1)C(C)C. The molecule has 0 radical (unpaired) electrons. The van der Waals surface area contributed by atoms with Crippen molar-refractivity contribution in [2.24, 2.45) is 0 Å². The Morgan fingerprint density at radius 1 is 1.19 bits per heavy atom. The van der Waals surface area contributed by atoms with Gasteiger partial charge in [-0.25, -0.2) is 0 Å². The number of benzene rings is 2. The Morgan fingerprint density at radius 2 is 1.85 bits per heavy atom. The van der Waals surface area contributed by atoms with Gasteiger partial charge in [0.25, 0.3) is 11.6 Å². The van der Waals surface area contributed by atoms with Gasteiger partial charge in [-0.1, -0.05) is 0 Å². The lowest BCUT2D eigenvalue weighted by Crippen LogP contribution is -2.30. The van der Waals surface area contributed by atoms with Crippen molar-refractivity contribution in [2.75, 3.05) is 29.1 Å². The van der Waals surface area contributed by atoms with Crippen molar-refractivity contribution in [2.45, 2.75) is 26.8 Å². The Hall–Kier alpha value is -3.09. The summed E-state index contributed by atoms with van der Waals surface area (Å²) in [6.07, 6.45) is 0. The van der Waals surface area contributed by atoms with E-state index in [2.05, 4.69) is 36.3 Å². The predicted molar refractivity (Wildman–Crippen MR) is 105 cm³/mol. The average molecular weight is 356 g/mol. The normalized spacial score (nSPS) is 10.5. The van der Waals surface area contributed by atoms with Crippen molar-refractivity contribution in [3.05, 3.63) is 58.1 Å². The first kappa shape index (κ1) is 19.2. The van der Waals surface area contributed by atoms with E-state index in [1.165, 1.54) is 18.2 Å². The number of carbonyl (C=O) groups is 1. The standard InChI is InChI=1S/C19H24N4O3/c1-5-22(13(2)3)15-8-6-14(7-9-15)21-19(24)17-12-16(23(25)26)10-11-18(17)20-4/h6-13,20H,5H2,1-4H3,(H,21,24). The topological polar surface area (TPSA) is 87.5 Å². The molecule has 0 aliphatic heterocycles. The lowest BCUT2D eigenvalue weighted by atomic mass is 10.1. The molecule has 0 bridgehead atoms. The zero-order chi connectivity index (χ0) is 19.3. The number of hydrogen-bond donors (Lipinski definition) is 2. The van der Waals surface area contributed by atoms with Crippen molar-refractivity contribution in [1.82, 2.24) is 0 Å². The summed E-state index contributed by atoms with van der Waals surface area (Å²) >= 11 is 0. The van der Waals surface area contributed by atoms with E-state index < -0.39 is 10.8 Å². The molecule has 0 atom stereocenters. The number of nitrogens with zero attached hydrogens (tertiary/aromatic N) is 2. The van der Waals surface area contributed by atoms with Gasteiger partial charge in [-0.15, -0.1) is 0 Å². The van der Waals surface area contributed by atoms with Crippen LogP contribution in [0.25, 0.3) is 0 Å². The Bertz CT molecular complexity index is 788. The highest BCUT2D eigenvalue weighted by molar-refractivity contribution is 6.08. The molecule has 0 fully saturated rings. The van der Waals surface area contributed by atoms with Crippen LogP contribution in [-0.2, 0) is 0 Å². The number of nitro groups is 1. The number of nitro benzene ring substituents is 1. The zero-order valence-corrected chi connectivity index (χ0v) is 15.4. The molecule has 2 rings (SSSR count). The van der Waals surface area contributed by atoms with Crippen molar-refractivity contribution < 1.29 is 9.72 Å². The van der Waals surface area contributed by atoms with Crippen LogP contribution in [0.4, 0.5) is 22.7 Å². The van der Waals surface area contributed by atoms with Crippen LogP contribution < -0.4 is 15.5 Å². The molecule has 26 heavy (non-hydrogen) atoms. The third-order valence-electron chi connectivity index (χ3n) is 4.15. The minimum Gasteiger partial charge on any atom is -0.387 e. The van der Waals surface area contributed by atoms with E-state index in [4.69, 9.17) is 0 Å². The van der Waals surface area contributed by atoms with Crippen molar-refractivity contribution in [3.8, 4) is 0 Å². The third-order valence-corrected chi connectivity index (χ3v) is 4.15. The van der Waals surface area contributed by atoms with E-state index in [1.807, 2.05) is 24.3 Å². The number of rotatable bonds is 7. The second-order valence-electron chi connectivity index (χ2n) is 6.12. The smallest absolute Gasteiger partial charge is 0.270 e. The van der Waals surface area contributed by atoms with Crippen molar-refractivity contribution in [3.63, 3.8) is 0 Å². The van der Waals surface area contributed by atoms with Crippen LogP contribution in [0.3, 0.4) is 0 Å². The highest BCUT2D eigenvalue weighted by Gasteiger charge is 2.16. The Balaban J connectivity index is 2.22. The molecule has 0 saturated carbocycles. The summed E-state index contributed by atoms with van der Waals surface area (Å²) in [4.78, 5) is 25.3. The molecule has 2 aromatic carbocycles. The number of nitrogens with one attached hydrogen (secondary N) is 2. The zero-order valence-electron chi connectivity index (χ0n) is 15.4. The summed E-state index contributed by atoms with van der Waals surface area (Å²) < 4.78 is 0.